The highest BCUT2D eigenvalue weighted by molar-refractivity contribution is 9.10. The lowest BCUT2D eigenvalue weighted by molar-refractivity contribution is 0.0950. The summed E-state index contributed by atoms with van der Waals surface area (Å²) in [6.07, 6.45) is 3.23. The molecular weight excluding hydrogens is 308 g/mol. The molecule has 1 atom stereocenters. The fourth-order valence-corrected chi connectivity index (χ4v) is 4.08. The first-order valence-electron chi connectivity index (χ1n) is 6.12. The second-order valence-electron chi connectivity index (χ2n) is 4.59. The molecule has 0 bridgehead atoms. The van der Waals surface area contributed by atoms with Gasteiger partial charge in [-0.05, 0) is 42.3 Å². The molecule has 3 heteroatoms. The molecular formula is C15H13BrOS. The van der Waals surface area contributed by atoms with E-state index in [1.165, 1.54) is 10.4 Å². The van der Waals surface area contributed by atoms with Gasteiger partial charge in [0.15, 0.2) is 5.78 Å². The van der Waals surface area contributed by atoms with Gasteiger partial charge in [0.1, 0.15) is 0 Å². The highest BCUT2D eigenvalue weighted by atomic mass is 79.9. The normalized spacial score (nSPS) is 18.4. The highest BCUT2D eigenvalue weighted by Crippen LogP contribution is 2.37. The summed E-state index contributed by atoms with van der Waals surface area (Å²) >= 11 is 5.26. The Morgan fingerprint density at radius 1 is 1.28 bits per heavy atom. The van der Waals surface area contributed by atoms with Gasteiger partial charge in [-0.2, -0.15) is 0 Å². The molecule has 18 heavy (non-hydrogen) atoms. The average molecular weight is 321 g/mol. The third-order valence-electron chi connectivity index (χ3n) is 3.51. The Balaban J connectivity index is 1.98. The van der Waals surface area contributed by atoms with E-state index in [0.717, 1.165) is 29.3 Å². The number of carbonyl (C=O) groups excluding carboxylic acids is 1. The van der Waals surface area contributed by atoms with Crippen LogP contribution in [-0.4, -0.2) is 5.78 Å². The Kier molecular flexibility index (Phi) is 3.35. The molecule has 1 unspecified atom stereocenters. The number of Topliss-reactive ketones (excluding diaryl/α,β-unsaturated/α-hetero) is 1. The molecule has 0 spiro atoms. The molecule has 3 rings (SSSR count). The van der Waals surface area contributed by atoms with Gasteiger partial charge in [-0.1, -0.05) is 34.1 Å². The number of rotatable bonds is 2. The van der Waals surface area contributed by atoms with Crippen molar-refractivity contribution in [2.75, 3.05) is 0 Å². The molecule has 2 aromatic rings. The van der Waals surface area contributed by atoms with Gasteiger partial charge in [-0.25, -0.2) is 0 Å². The molecule has 0 N–H and O–H groups in total. The van der Waals surface area contributed by atoms with Gasteiger partial charge >= 0.3 is 0 Å². The van der Waals surface area contributed by atoms with Crippen LogP contribution in [0.4, 0.5) is 0 Å². The first kappa shape index (κ1) is 12.1. The van der Waals surface area contributed by atoms with Crippen molar-refractivity contribution >= 4 is 33.0 Å². The van der Waals surface area contributed by atoms with Gasteiger partial charge < -0.3 is 0 Å². The van der Waals surface area contributed by atoms with Gasteiger partial charge in [-0.3, -0.25) is 4.79 Å². The van der Waals surface area contributed by atoms with E-state index >= 15 is 0 Å². The number of ketones is 1. The van der Waals surface area contributed by atoms with Crippen LogP contribution in [0.1, 0.15) is 39.6 Å². The van der Waals surface area contributed by atoms with Crippen LogP contribution >= 0.6 is 27.3 Å². The first-order valence-corrected chi connectivity index (χ1v) is 7.79. The van der Waals surface area contributed by atoms with Crippen LogP contribution in [0.3, 0.4) is 0 Å². The quantitative estimate of drug-likeness (QED) is 0.725. The first-order chi connectivity index (χ1) is 8.77. The number of hydrogen-bond acceptors (Lipinski definition) is 2. The van der Waals surface area contributed by atoms with E-state index < -0.39 is 0 Å². The van der Waals surface area contributed by atoms with Crippen LogP contribution in [0, 0.1) is 0 Å². The Labute approximate surface area is 119 Å². The lowest BCUT2D eigenvalue weighted by Gasteiger charge is -2.21. The summed E-state index contributed by atoms with van der Waals surface area (Å²) in [5.74, 6) is 0.306. The molecule has 0 saturated carbocycles. The zero-order valence-corrected chi connectivity index (χ0v) is 12.3. The van der Waals surface area contributed by atoms with E-state index in [4.69, 9.17) is 0 Å². The molecule has 1 aliphatic carbocycles. The Bertz CT molecular complexity index is 588. The number of benzene rings is 1. The van der Waals surface area contributed by atoms with Crippen LogP contribution < -0.4 is 0 Å². The molecule has 1 nitrogen and oxygen atoms in total. The largest absolute Gasteiger partial charge is 0.293 e. The summed E-state index contributed by atoms with van der Waals surface area (Å²) in [7, 11) is 0. The van der Waals surface area contributed by atoms with E-state index in [9.17, 15) is 4.79 Å². The minimum absolute atomic E-state index is 0.0544. The molecule has 1 aromatic carbocycles. The standard InChI is InChI=1S/C15H13BrOS/c16-13-6-2-1-4-12(13)15(17)11-5-3-7-14-10(11)8-9-18-14/h1-2,4,6,8-9,11H,3,5,7H2. The predicted octanol–water partition coefficient (Wildman–Crippen LogP) is 4.81. The maximum absolute atomic E-state index is 12.7. The second-order valence-corrected chi connectivity index (χ2v) is 6.44. The smallest absolute Gasteiger partial charge is 0.171 e. The molecule has 92 valence electrons. The summed E-state index contributed by atoms with van der Waals surface area (Å²) in [6, 6.07) is 9.84. The SMILES string of the molecule is O=C(c1ccccc1Br)C1CCCc2sccc21. The Morgan fingerprint density at radius 3 is 2.94 bits per heavy atom. The van der Waals surface area contributed by atoms with Gasteiger partial charge in [0.25, 0.3) is 0 Å². The van der Waals surface area contributed by atoms with Crippen molar-refractivity contribution in [3.05, 3.63) is 56.2 Å². The minimum atomic E-state index is 0.0544. The maximum Gasteiger partial charge on any atom is 0.171 e. The van der Waals surface area contributed by atoms with Crippen molar-refractivity contribution in [1.82, 2.24) is 0 Å². The van der Waals surface area contributed by atoms with E-state index in [1.54, 1.807) is 11.3 Å². The van der Waals surface area contributed by atoms with E-state index in [2.05, 4.69) is 27.4 Å². The number of fused-ring (bicyclic) bond motifs is 1. The fourth-order valence-electron chi connectivity index (χ4n) is 2.61. The lowest BCUT2D eigenvalue weighted by Crippen LogP contribution is -2.17. The van der Waals surface area contributed by atoms with Crippen molar-refractivity contribution in [3.63, 3.8) is 0 Å². The summed E-state index contributed by atoms with van der Waals surface area (Å²) in [5.41, 5.74) is 2.06. The lowest BCUT2D eigenvalue weighted by atomic mass is 9.82. The van der Waals surface area contributed by atoms with Crippen LogP contribution in [0.15, 0.2) is 40.2 Å². The monoisotopic (exact) mass is 320 g/mol. The summed E-state index contributed by atoms with van der Waals surface area (Å²) < 4.78 is 0.900. The zero-order chi connectivity index (χ0) is 12.5. The van der Waals surface area contributed by atoms with Crippen molar-refractivity contribution in [2.24, 2.45) is 0 Å². The van der Waals surface area contributed by atoms with Gasteiger partial charge in [-0.15, -0.1) is 11.3 Å². The molecule has 0 aliphatic heterocycles. The molecule has 0 radical (unpaired) electrons. The molecule has 0 amide bonds. The third kappa shape index (κ3) is 2.06. The van der Waals surface area contributed by atoms with Gasteiger partial charge in [0.2, 0.25) is 0 Å². The van der Waals surface area contributed by atoms with E-state index in [1.807, 2.05) is 24.3 Å². The number of aryl methyl sites for hydroxylation is 1. The van der Waals surface area contributed by atoms with Gasteiger partial charge in [0, 0.05) is 20.8 Å². The van der Waals surface area contributed by atoms with E-state index in [-0.39, 0.29) is 11.7 Å². The van der Waals surface area contributed by atoms with Crippen molar-refractivity contribution < 1.29 is 4.79 Å². The van der Waals surface area contributed by atoms with Crippen LogP contribution in [0.5, 0.6) is 0 Å². The van der Waals surface area contributed by atoms with Crippen molar-refractivity contribution in [1.29, 1.82) is 0 Å². The predicted molar refractivity (Wildman–Crippen MR) is 78.5 cm³/mol. The zero-order valence-electron chi connectivity index (χ0n) is 9.86. The molecule has 0 saturated heterocycles. The molecule has 1 heterocycles. The Hall–Kier alpha value is -0.930. The van der Waals surface area contributed by atoms with Crippen LogP contribution in [0.25, 0.3) is 0 Å². The van der Waals surface area contributed by atoms with Crippen molar-refractivity contribution in [2.45, 2.75) is 25.2 Å². The number of carbonyl (C=O) groups is 1. The average Bonchev–Trinajstić information content (AvgIpc) is 2.86. The minimum Gasteiger partial charge on any atom is -0.293 e. The summed E-state index contributed by atoms with van der Waals surface area (Å²) in [5, 5.41) is 2.11. The summed E-state index contributed by atoms with van der Waals surface area (Å²) in [4.78, 5) is 14.1. The summed E-state index contributed by atoms with van der Waals surface area (Å²) in [6.45, 7) is 0. The molecule has 0 fully saturated rings. The van der Waals surface area contributed by atoms with Crippen LogP contribution in [-0.2, 0) is 6.42 Å². The number of thiophene rings is 1. The highest BCUT2D eigenvalue weighted by Gasteiger charge is 2.28. The second kappa shape index (κ2) is 4.98. The number of hydrogen-bond donors (Lipinski definition) is 0. The third-order valence-corrected chi connectivity index (χ3v) is 5.20. The van der Waals surface area contributed by atoms with Crippen LogP contribution in [0.2, 0.25) is 0 Å². The van der Waals surface area contributed by atoms with Gasteiger partial charge in [0.05, 0.1) is 0 Å². The van der Waals surface area contributed by atoms with E-state index in [0.29, 0.717) is 0 Å². The topological polar surface area (TPSA) is 17.1 Å². The number of halogens is 1. The van der Waals surface area contributed by atoms with Crippen molar-refractivity contribution in [3.8, 4) is 0 Å². The molecule has 1 aromatic heterocycles. The maximum atomic E-state index is 12.7. The Morgan fingerprint density at radius 2 is 2.11 bits per heavy atom. The molecule has 1 aliphatic rings. The fraction of sp³-hybridized carbons (Fsp3) is 0.267.